The molecule has 0 saturated carbocycles. The van der Waals surface area contributed by atoms with E-state index in [0.29, 0.717) is 5.92 Å². The molecule has 0 N–H and O–H groups in total. The SMILES string of the molecule is CC[n+]1ccoc1-n1c2ccccc2c2cccc(C(C)C)c21. The van der Waals surface area contributed by atoms with E-state index in [9.17, 15) is 0 Å². The van der Waals surface area contributed by atoms with Gasteiger partial charge in [-0.05, 0) is 31.0 Å². The average Bonchev–Trinajstić information content (AvgIpc) is 3.15. The molecule has 0 atom stereocenters. The van der Waals surface area contributed by atoms with Crippen LogP contribution in [0.1, 0.15) is 32.3 Å². The van der Waals surface area contributed by atoms with Gasteiger partial charge < -0.3 is 4.42 Å². The molecular weight excluding hydrogens is 284 g/mol. The summed E-state index contributed by atoms with van der Waals surface area (Å²) < 4.78 is 10.3. The minimum Gasteiger partial charge on any atom is -0.395 e. The number of hydrogen-bond acceptors (Lipinski definition) is 1. The van der Waals surface area contributed by atoms with Gasteiger partial charge in [-0.25, -0.2) is 0 Å². The molecule has 0 unspecified atom stereocenters. The molecule has 4 aromatic rings. The van der Waals surface area contributed by atoms with Crippen LogP contribution >= 0.6 is 0 Å². The van der Waals surface area contributed by atoms with E-state index >= 15 is 0 Å². The van der Waals surface area contributed by atoms with Gasteiger partial charge in [-0.15, -0.1) is 0 Å². The Labute approximate surface area is 135 Å². The van der Waals surface area contributed by atoms with Crippen molar-refractivity contribution >= 4 is 21.8 Å². The second-order valence-electron chi connectivity index (χ2n) is 6.22. The molecule has 2 heterocycles. The van der Waals surface area contributed by atoms with Crippen LogP contribution in [0.3, 0.4) is 0 Å². The van der Waals surface area contributed by atoms with E-state index in [-0.39, 0.29) is 0 Å². The molecule has 0 amide bonds. The van der Waals surface area contributed by atoms with Crippen LogP contribution in [-0.2, 0) is 6.54 Å². The lowest BCUT2D eigenvalue weighted by Crippen LogP contribution is -2.34. The van der Waals surface area contributed by atoms with E-state index < -0.39 is 0 Å². The summed E-state index contributed by atoms with van der Waals surface area (Å²) in [6.45, 7) is 7.50. The van der Waals surface area contributed by atoms with Crippen LogP contribution in [0.15, 0.2) is 59.3 Å². The van der Waals surface area contributed by atoms with E-state index in [1.807, 2.05) is 6.20 Å². The van der Waals surface area contributed by atoms with Gasteiger partial charge in [0.25, 0.3) is 0 Å². The molecule has 0 radical (unpaired) electrons. The van der Waals surface area contributed by atoms with Gasteiger partial charge in [0.1, 0.15) is 23.5 Å². The average molecular weight is 305 g/mol. The number of hydrogen-bond donors (Lipinski definition) is 0. The van der Waals surface area contributed by atoms with Crippen molar-refractivity contribution in [1.82, 2.24) is 4.57 Å². The van der Waals surface area contributed by atoms with Crippen molar-refractivity contribution in [2.24, 2.45) is 0 Å². The molecule has 0 fully saturated rings. The Hall–Kier alpha value is -2.55. The lowest BCUT2D eigenvalue weighted by atomic mass is 10.00. The Bertz CT molecular complexity index is 991. The molecule has 0 spiro atoms. The van der Waals surface area contributed by atoms with Crippen LogP contribution in [0, 0.1) is 0 Å². The minimum absolute atomic E-state index is 0.451. The van der Waals surface area contributed by atoms with Gasteiger partial charge in [0.05, 0.1) is 6.54 Å². The van der Waals surface area contributed by atoms with Gasteiger partial charge in [-0.2, -0.15) is 9.13 Å². The van der Waals surface area contributed by atoms with Crippen molar-refractivity contribution in [1.29, 1.82) is 0 Å². The van der Waals surface area contributed by atoms with Crippen molar-refractivity contribution in [2.45, 2.75) is 33.2 Å². The number of oxazole rings is 1. The highest BCUT2D eigenvalue weighted by atomic mass is 16.4. The molecule has 23 heavy (non-hydrogen) atoms. The van der Waals surface area contributed by atoms with Crippen LogP contribution < -0.4 is 4.57 Å². The van der Waals surface area contributed by atoms with E-state index in [1.54, 1.807) is 6.26 Å². The molecular formula is C20H21N2O+. The fraction of sp³-hybridized carbons (Fsp3) is 0.250. The number of aryl methyl sites for hydroxylation is 1. The van der Waals surface area contributed by atoms with Crippen molar-refractivity contribution < 1.29 is 8.98 Å². The first kappa shape index (κ1) is 14.1. The molecule has 2 aromatic heterocycles. The molecule has 0 aliphatic rings. The zero-order valence-electron chi connectivity index (χ0n) is 13.8. The first-order chi connectivity index (χ1) is 11.2. The van der Waals surface area contributed by atoms with Crippen molar-refractivity contribution in [3.05, 3.63) is 60.5 Å². The first-order valence-electron chi connectivity index (χ1n) is 8.21. The van der Waals surface area contributed by atoms with Gasteiger partial charge in [0.15, 0.2) is 0 Å². The summed E-state index contributed by atoms with van der Waals surface area (Å²) in [7, 11) is 0. The van der Waals surface area contributed by atoms with Crippen LogP contribution in [0.4, 0.5) is 0 Å². The molecule has 0 bridgehead atoms. The molecule has 0 aliphatic heterocycles. The number of nitrogens with zero attached hydrogens (tertiary/aromatic N) is 2. The zero-order chi connectivity index (χ0) is 16.0. The number of aromatic nitrogens is 2. The smallest absolute Gasteiger partial charge is 0.395 e. The standard InChI is InChI=1S/C20H21N2O/c1-4-21-12-13-23-20(21)22-18-11-6-5-8-16(18)17-10-7-9-15(14(2)3)19(17)22/h5-14H,4H2,1-3H3/q+1. The van der Waals surface area contributed by atoms with E-state index in [1.165, 1.54) is 27.4 Å². The zero-order valence-corrected chi connectivity index (χ0v) is 13.8. The van der Waals surface area contributed by atoms with E-state index in [4.69, 9.17) is 4.42 Å². The normalized spacial score (nSPS) is 11.8. The van der Waals surface area contributed by atoms with E-state index in [2.05, 4.69) is 72.4 Å². The fourth-order valence-corrected chi connectivity index (χ4v) is 3.43. The Morgan fingerprint density at radius 2 is 1.83 bits per heavy atom. The van der Waals surface area contributed by atoms with Gasteiger partial charge in [0, 0.05) is 16.3 Å². The monoisotopic (exact) mass is 305 g/mol. The predicted molar refractivity (Wildman–Crippen MR) is 93.0 cm³/mol. The summed E-state index contributed by atoms with van der Waals surface area (Å²) in [6, 6.07) is 16.0. The van der Waals surface area contributed by atoms with Crippen LogP contribution in [0.25, 0.3) is 27.8 Å². The Morgan fingerprint density at radius 1 is 1.04 bits per heavy atom. The van der Waals surface area contributed by atoms with Crippen LogP contribution in [-0.4, -0.2) is 4.57 Å². The summed E-state index contributed by atoms with van der Waals surface area (Å²) >= 11 is 0. The van der Waals surface area contributed by atoms with Gasteiger partial charge in [0.2, 0.25) is 0 Å². The van der Waals surface area contributed by atoms with Crippen molar-refractivity contribution in [2.75, 3.05) is 0 Å². The van der Waals surface area contributed by atoms with Gasteiger partial charge in [-0.1, -0.05) is 38.1 Å². The quantitative estimate of drug-likeness (QED) is 0.498. The highest BCUT2D eigenvalue weighted by Gasteiger charge is 2.26. The molecule has 2 aromatic carbocycles. The molecule has 0 saturated heterocycles. The fourth-order valence-electron chi connectivity index (χ4n) is 3.43. The van der Waals surface area contributed by atoms with Gasteiger partial charge >= 0.3 is 6.01 Å². The summed E-state index contributed by atoms with van der Waals surface area (Å²) in [5, 5.41) is 2.55. The van der Waals surface area contributed by atoms with Crippen LogP contribution in [0.2, 0.25) is 0 Å². The number of benzene rings is 2. The van der Waals surface area contributed by atoms with Crippen molar-refractivity contribution in [3.8, 4) is 6.01 Å². The molecule has 3 heteroatoms. The lowest BCUT2D eigenvalue weighted by Gasteiger charge is -2.07. The third kappa shape index (κ3) is 2.00. The second kappa shape index (κ2) is 5.27. The second-order valence-corrected chi connectivity index (χ2v) is 6.22. The predicted octanol–water partition coefficient (Wildman–Crippen LogP) is 4.81. The summed E-state index contributed by atoms with van der Waals surface area (Å²) in [5.74, 6) is 0.451. The van der Waals surface area contributed by atoms with E-state index in [0.717, 1.165) is 12.6 Å². The molecule has 3 nitrogen and oxygen atoms in total. The topological polar surface area (TPSA) is 21.9 Å². The minimum atomic E-state index is 0.451. The first-order valence-corrected chi connectivity index (χ1v) is 8.21. The maximum atomic E-state index is 5.88. The van der Waals surface area contributed by atoms with Gasteiger partial charge in [-0.3, -0.25) is 0 Å². The largest absolute Gasteiger partial charge is 0.466 e. The molecule has 116 valence electrons. The van der Waals surface area contributed by atoms with Crippen LogP contribution in [0.5, 0.6) is 0 Å². The number of para-hydroxylation sites is 2. The third-order valence-corrected chi connectivity index (χ3v) is 4.54. The highest BCUT2D eigenvalue weighted by molar-refractivity contribution is 6.10. The maximum absolute atomic E-state index is 5.88. The Morgan fingerprint density at radius 3 is 2.61 bits per heavy atom. The summed E-state index contributed by atoms with van der Waals surface area (Å²) in [5.41, 5.74) is 3.78. The Kier molecular flexibility index (Phi) is 3.22. The van der Waals surface area contributed by atoms with Crippen molar-refractivity contribution in [3.63, 3.8) is 0 Å². The number of rotatable bonds is 3. The summed E-state index contributed by atoms with van der Waals surface area (Å²) in [6.07, 6.45) is 3.76. The molecule has 4 rings (SSSR count). The highest BCUT2D eigenvalue weighted by Crippen LogP contribution is 2.35. The lowest BCUT2D eigenvalue weighted by molar-refractivity contribution is -0.689. The number of fused-ring (bicyclic) bond motifs is 3. The molecule has 0 aliphatic carbocycles. The summed E-state index contributed by atoms with van der Waals surface area (Å²) in [4.78, 5) is 0. The Balaban J connectivity index is 2.23. The third-order valence-electron chi connectivity index (χ3n) is 4.54. The maximum Gasteiger partial charge on any atom is 0.466 e.